The molecule has 4 heteroatoms. The number of aliphatic hydroxyl groups excluding tert-OH is 1. The van der Waals surface area contributed by atoms with E-state index < -0.39 is 0 Å². The lowest BCUT2D eigenvalue weighted by molar-refractivity contribution is 0.197. The Kier molecular flexibility index (Phi) is 4.73. The van der Waals surface area contributed by atoms with Crippen LogP contribution < -0.4 is 11.1 Å². The lowest BCUT2D eigenvalue weighted by Crippen LogP contribution is -2.32. The van der Waals surface area contributed by atoms with Crippen LogP contribution in [0.15, 0.2) is 4.99 Å². The van der Waals surface area contributed by atoms with Crippen LogP contribution in [0.2, 0.25) is 0 Å². The van der Waals surface area contributed by atoms with Crippen LogP contribution in [0.4, 0.5) is 0 Å². The van der Waals surface area contributed by atoms with Crippen molar-refractivity contribution >= 4 is 5.96 Å². The van der Waals surface area contributed by atoms with Gasteiger partial charge in [-0.3, -0.25) is 4.99 Å². The van der Waals surface area contributed by atoms with Crippen molar-refractivity contribution in [2.45, 2.75) is 26.2 Å². The van der Waals surface area contributed by atoms with Gasteiger partial charge in [-0.25, -0.2) is 0 Å². The fourth-order valence-electron chi connectivity index (χ4n) is 2.05. The maximum absolute atomic E-state index is 9.11. The van der Waals surface area contributed by atoms with E-state index in [-0.39, 0.29) is 0 Å². The van der Waals surface area contributed by atoms with E-state index in [0.29, 0.717) is 24.4 Å². The molecule has 0 aliphatic heterocycles. The normalized spacial score (nSPS) is 28.0. The molecule has 1 aliphatic rings. The first-order valence-corrected chi connectivity index (χ1v) is 5.42. The monoisotopic (exact) mass is 199 g/mol. The van der Waals surface area contributed by atoms with Crippen LogP contribution in [0.1, 0.15) is 26.2 Å². The smallest absolute Gasteiger partial charge is 0.188 e. The summed E-state index contributed by atoms with van der Waals surface area (Å²) >= 11 is 0. The SMILES string of the molecule is CCNC(N)=NCC1CCCC1CO. The Hall–Kier alpha value is -0.770. The van der Waals surface area contributed by atoms with Crippen molar-refractivity contribution in [3.8, 4) is 0 Å². The number of aliphatic imine (C=N–C) groups is 1. The number of guanidine groups is 1. The Morgan fingerprint density at radius 2 is 2.21 bits per heavy atom. The van der Waals surface area contributed by atoms with Gasteiger partial charge >= 0.3 is 0 Å². The van der Waals surface area contributed by atoms with E-state index in [2.05, 4.69) is 10.3 Å². The average molecular weight is 199 g/mol. The molecular formula is C10H21N3O. The first-order chi connectivity index (χ1) is 6.77. The molecule has 0 spiro atoms. The maximum atomic E-state index is 9.11. The molecule has 2 atom stereocenters. The zero-order valence-electron chi connectivity index (χ0n) is 8.87. The fraction of sp³-hybridized carbons (Fsp3) is 0.900. The van der Waals surface area contributed by atoms with Crippen molar-refractivity contribution in [1.82, 2.24) is 5.32 Å². The zero-order chi connectivity index (χ0) is 10.4. The summed E-state index contributed by atoms with van der Waals surface area (Å²) in [4.78, 5) is 4.27. The van der Waals surface area contributed by atoms with Crippen LogP contribution in [0.25, 0.3) is 0 Å². The van der Waals surface area contributed by atoms with Crippen LogP contribution >= 0.6 is 0 Å². The molecule has 1 fully saturated rings. The summed E-state index contributed by atoms with van der Waals surface area (Å²) in [5, 5.41) is 12.1. The number of hydrogen-bond donors (Lipinski definition) is 3. The molecule has 0 aromatic heterocycles. The quantitative estimate of drug-likeness (QED) is 0.451. The highest BCUT2D eigenvalue weighted by atomic mass is 16.3. The third-order valence-corrected chi connectivity index (χ3v) is 2.91. The predicted molar refractivity (Wildman–Crippen MR) is 58.1 cm³/mol. The number of aliphatic hydroxyl groups is 1. The average Bonchev–Trinajstić information content (AvgIpc) is 2.62. The topological polar surface area (TPSA) is 70.6 Å². The molecule has 0 amide bonds. The molecule has 4 nitrogen and oxygen atoms in total. The van der Waals surface area contributed by atoms with Gasteiger partial charge in [0.25, 0.3) is 0 Å². The molecule has 0 heterocycles. The van der Waals surface area contributed by atoms with Gasteiger partial charge in [0, 0.05) is 19.7 Å². The third kappa shape index (κ3) is 3.18. The number of nitrogens with zero attached hydrogens (tertiary/aromatic N) is 1. The summed E-state index contributed by atoms with van der Waals surface area (Å²) in [6, 6.07) is 0. The van der Waals surface area contributed by atoms with Crippen molar-refractivity contribution in [3.05, 3.63) is 0 Å². The molecule has 0 bridgehead atoms. The Balaban J connectivity index is 2.32. The van der Waals surface area contributed by atoms with E-state index >= 15 is 0 Å². The van der Waals surface area contributed by atoms with Crippen molar-refractivity contribution in [2.24, 2.45) is 22.6 Å². The minimum absolute atomic E-state index is 0.293. The summed E-state index contributed by atoms with van der Waals surface area (Å²) in [5.41, 5.74) is 5.63. The van der Waals surface area contributed by atoms with Crippen LogP contribution in [-0.2, 0) is 0 Å². The van der Waals surface area contributed by atoms with E-state index in [4.69, 9.17) is 10.8 Å². The highest BCUT2D eigenvalue weighted by molar-refractivity contribution is 5.77. The summed E-state index contributed by atoms with van der Waals surface area (Å²) < 4.78 is 0. The van der Waals surface area contributed by atoms with E-state index in [1.165, 1.54) is 12.8 Å². The highest BCUT2D eigenvalue weighted by Gasteiger charge is 2.25. The van der Waals surface area contributed by atoms with Gasteiger partial charge in [0.2, 0.25) is 0 Å². The second kappa shape index (κ2) is 5.86. The number of nitrogens with two attached hydrogens (primary N) is 1. The lowest BCUT2D eigenvalue weighted by Gasteiger charge is -2.14. The molecule has 2 unspecified atom stereocenters. The molecule has 0 aromatic rings. The second-order valence-corrected chi connectivity index (χ2v) is 3.89. The summed E-state index contributed by atoms with van der Waals surface area (Å²) in [5.74, 6) is 1.49. The highest BCUT2D eigenvalue weighted by Crippen LogP contribution is 2.31. The van der Waals surface area contributed by atoms with Crippen LogP contribution in [0.3, 0.4) is 0 Å². The molecule has 0 radical (unpaired) electrons. The molecule has 1 rings (SSSR count). The fourth-order valence-corrected chi connectivity index (χ4v) is 2.05. The van der Waals surface area contributed by atoms with Crippen molar-refractivity contribution in [3.63, 3.8) is 0 Å². The Morgan fingerprint density at radius 1 is 1.50 bits per heavy atom. The van der Waals surface area contributed by atoms with E-state index in [0.717, 1.165) is 19.5 Å². The minimum Gasteiger partial charge on any atom is -0.396 e. The largest absolute Gasteiger partial charge is 0.396 e. The van der Waals surface area contributed by atoms with Gasteiger partial charge in [0.15, 0.2) is 5.96 Å². The Labute approximate surface area is 85.6 Å². The van der Waals surface area contributed by atoms with E-state index in [1.807, 2.05) is 6.92 Å². The summed E-state index contributed by atoms with van der Waals surface area (Å²) in [7, 11) is 0. The molecule has 4 N–H and O–H groups in total. The maximum Gasteiger partial charge on any atom is 0.188 e. The van der Waals surface area contributed by atoms with Crippen LogP contribution in [0, 0.1) is 11.8 Å². The van der Waals surface area contributed by atoms with Gasteiger partial charge in [0.05, 0.1) is 0 Å². The minimum atomic E-state index is 0.293. The lowest BCUT2D eigenvalue weighted by atomic mass is 9.97. The first kappa shape index (κ1) is 11.3. The second-order valence-electron chi connectivity index (χ2n) is 3.89. The standard InChI is InChI=1S/C10H21N3O/c1-2-12-10(11)13-6-8-4-3-5-9(8)7-14/h8-9,14H,2-7H2,1H3,(H3,11,12,13). The predicted octanol–water partition coefficient (Wildman–Crippen LogP) is 0.319. The molecular weight excluding hydrogens is 178 g/mol. The van der Waals surface area contributed by atoms with Crippen molar-refractivity contribution in [2.75, 3.05) is 19.7 Å². The number of nitrogens with one attached hydrogen (secondary N) is 1. The van der Waals surface area contributed by atoms with Gasteiger partial charge in [-0.15, -0.1) is 0 Å². The van der Waals surface area contributed by atoms with E-state index in [9.17, 15) is 0 Å². The number of hydrogen-bond acceptors (Lipinski definition) is 2. The third-order valence-electron chi connectivity index (χ3n) is 2.91. The Morgan fingerprint density at radius 3 is 2.86 bits per heavy atom. The Bertz CT molecular complexity index is 194. The van der Waals surface area contributed by atoms with E-state index in [1.54, 1.807) is 0 Å². The van der Waals surface area contributed by atoms with Gasteiger partial charge in [-0.2, -0.15) is 0 Å². The van der Waals surface area contributed by atoms with Crippen molar-refractivity contribution < 1.29 is 5.11 Å². The molecule has 1 aliphatic carbocycles. The molecule has 0 aromatic carbocycles. The molecule has 82 valence electrons. The molecule has 14 heavy (non-hydrogen) atoms. The van der Waals surface area contributed by atoms with Gasteiger partial charge in [-0.1, -0.05) is 6.42 Å². The van der Waals surface area contributed by atoms with Crippen LogP contribution in [-0.4, -0.2) is 30.8 Å². The van der Waals surface area contributed by atoms with Gasteiger partial charge in [0.1, 0.15) is 0 Å². The van der Waals surface area contributed by atoms with Crippen molar-refractivity contribution in [1.29, 1.82) is 0 Å². The summed E-state index contributed by atoms with van der Waals surface area (Å²) in [6.07, 6.45) is 3.53. The van der Waals surface area contributed by atoms with Crippen LogP contribution in [0.5, 0.6) is 0 Å². The molecule has 1 saturated carbocycles. The van der Waals surface area contributed by atoms with Gasteiger partial charge < -0.3 is 16.2 Å². The first-order valence-electron chi connectivity index (χ1n) is 5.42. The number of rotatable bonds is 4. The molecule has 0 saturated heterocycles. The summed E-state index contributed by atoms with van der Waals surface area (Å²) in [6.45, 7) is 3.85. The zero-order valence-corrected chi connectivity index (χ0v) is 8.87. The van der Waals surface area contributed by atoms with Gasteiger partial charge in [-0.05, 0) is 31.6 Å².